The molecule has 19 heavy (non-hydrogen) atoms. The van der Waals surface area contributed by atoms with Gasteiger partial charge in [-0.1, -0.05) is 5.21 Å². The first-order valence-corrected chi connectivity index (χ1v) is 5.41. The molecule has 0 spiro atoms. The zero-order valence-corrected chi connectivity index (χ0v) is 9.98. The fourth-order valence-corrected chi connectivity index (χ4v) is 1.14. The van der Waals surface area contributed by atoms with Crippen molar-refractivity contribution in [1.29, 1.82) is 0 Å². The summed E-state index contributed by atoms with van der Waals surface area (Å²) in [5, 5.41) is 9.90. The third-order valence-corrected chi connectivity index (χ3v) is 1.97. The molecule has 0 bridgehead atoms. The average Bonchev–Trinajstić information content (AvgIpc) is 2.78. The van der Waals surface area contributed by atoms with E-state index in [0.29, 0.717) is 5.69 Å². The van der Waals surface area contributed by atoms with Gasteiger partial charge in [0.2, 0.25) is 5.91 Å². The molecule has 0 atom stereocenters. The molecule has 108 valence electrons. The maximum absolute atomic E-state index is 11.8. The molecule has 1 amide bonds. The minimum atomic E-state index is -4.33. The number of alkyl halides is 3. The summed E-state index contributed by atoms with van der Waals surface area (Å²) >= 11 is 0. The van der Waals surface area contributed by atoms with E-state index in [0.717, 1.165) is 0 Å². The van der Waals surface area contributed by atoms with Crippen molar-refractivity contribution < 1.29 is 22.7 Å². The van der Waals surface area contributed by atoms with Gasteiger partial charge in [-0.3, -0.25) is 4.79 Å². The Bertz CT molecular complexity index is 407. The van der Waals surface area contributed by atoms with Crippen molar-refractivity contribution in [3.8, 4) is 0 Å². The Morgan fingerprint density at radius 3 is 2.89 bits per heavy atom. The van der Waals surface area contributed by atoms with Gasteiger partial charge in [0.25, 0.3) is 0 Å². The molecule has 0 aliphatic carbocycles. The van der Waals surface area contributed by atoms with E-state index in [1.54, 1.807) is 0 Å². The molecule has 1 heterocycles. The number of hydrogen-bond acceptors (Lipinski definition) is 5. The second-order valence-electron chi connectivity index (χ2n) is 3.62. The van der Waals surface area contributed by atoms with Crippen LogP contribution in [0.15, 0.2) is 6.20 Å². The minimum Gasteiger partial charge on any atom is -0.370 e. The van der Waals surface area contributed by atoms with Crippen LogP contribution in [0, 0.1) is 0 Å². The first-order chi connectivity index (χ1) is 8.90. The first-order valence-electron chi connectivity index (χ1n) is 5.41. The second-order valence-corrected chi connectivity index (χ2v) is 3.62. The van der Waals surface area contributed by atoms with Gasteiger partial charge in [-0.2, -0.15) is 13.2 Å². The van der Waals surface area contributed by atoms with E-state index in [2.05, 4.69) is 20.4 Å². The maximum Gasteiger partial charge on any atom is 0.411 e. The Hall–Kier alpha value is -1.68. The van der Waals surface area contributed by atoms with Crippen molar-refractivity contribution in [2.45, 2.75) is 19.3 Å². The molecule has 0 saturated heterocycles. The molecule has 0 fully saturated rings. The number of hydrogen-bond donors (Lipinski definition) is 2. The van der Waals surface area contributed by atoms with Crippen LogP contribution in [-0.2, 0) is 22.6 Å². The van der Waals surface area contributed by atoms with E-state index >= 15 is 0 Å². The Morgan fingerprint density at radius 2 is 2.26 bits per heavy atom. The molecule has 10 heteroatoms. The molecule has 3 N–H and O–H groups in total. The number of carbonyl (C=O) groups excluding carboxylic acids is 1. The predicted octanol–water partition coefficient (Wildman–Crippen LogP) is -0.568. The molecule has 0 unspecified atom stereocenters. The Balaban J connectivity index is 2.25. The molecule has 0 aliphatic heterocycles. The normalized spacial score (nSPS) is 11.6. The number of ether oxygens (including phenoxy) is 1. The zero-order chi connectivity index (χ0) is 14.3. The lowest BCUT2D eigenvalue weighted by Gasteiger charge is -2.06. The lowest BCUT2D eigenvalue weighted by molar-refractivity contribution is -0.174. The fourth-order valence-electron chi connectivity index (χ4n) is 1.14. The van der Waals surface area contributed by atoms with Crippen molar-refractivity contribution in [3.05, 3.63) is 11.9 Å². The highest BCUT2D eigenvalue weighted by atomic mass is 19.4. The lowest BCUT2D eigenvalue weighted by Crippen LogP contribution is -2.29. The monoisotopic (exact) mass is 281 g/mol. The fraction of sp³-hybridized carbons (Fsp3) is 0.667. The zero-order valence-electron chi connectivity index (χ0n) is 9.98. The number of aromatic nitrogens is 3. The number of nitrogens with zero attached hydrogens (tertiary/aromatic N) is 3. The van der Waals surface area contributed by atoms with Crippen LogP contribution >= 0.6 is 0 Å². The van der Waals surface area contributed by atoms with Crippen LogP contribution in [0.2, 0.25) is 0 Å². The number of nitrogens with two attached hydrogens (primary N) is 1. The smallest absolute Gasteiger partial charge is 0.370 e. The summed E-state index contributed by atoms with van der Waals surface area (Å²) in [6.45, 7) is -1.23. The summed E-state index contributed by atoms with van der Waals surface area (Å²) in [7, 11) is 0. The predicted molar refractivity (Wildman–Crippen MR) is 57.8 cm³/mol. The van der Waals surface area contributed by atoms with Crippen LogP contribution in [-0.4, -0.2) is 46.8 Å². The summed E-state index contributed by atoms with van der Waals surface area (Å²) in [4.78, 5) is 10.9. The van der Waals surface area contributed by atoms with Crippen LogP contribution < -0.4 is 11.1 Å². The quantitative estimate of drug-likeness (QED) is 0.653. The van der Waals surface area contributed by atoms with E-state index in [1.807, 2.05) is 0 Å². The molecule has 1 aromatic heterocycles. The van der Waals surface area contributed by atoms with Crippen LogP contribution in [0.25, 0.3) is 0 Å². The Labute approximate surface area is 106 Å². The maximum atomic E-state index is 11.8. The van der Waals surface area contributed by atoms with Crippen molar-refractivity contribution in [1.82, 2.24) is 20.3 Å². The molecule has 0 aliphatic rings. The van der Waals surface area contributed by atoms with E-state index in [4.69, 9.17) is 5.73 Å². The van der Waals surface area contributed by atoms with Gasteiger partial charge in [-0.05, 0) is 0 Å². The van der Waals surface area contributed by atoms with Gasteiger partial charge in [-0.25, -0.2) is 4.68 Å². The van der Waals surface area contributed by atoms with Gasteiger partial charge in [0.15, 0.2) is 0 Å². The van der Waals surface area contributed by atoms with E-state index in [-0.39, 0.29) is 32.1 Å². The summed E-state index contributed by atoms with van der Waals surface area (Å²) in [6.07, 6.45) is -2.83. The summed E-state index contributed by atoms with van der Waals surface area (Å²) in [5.41, 5.74) is 5.58. The van der Waals surface area contributed by atoms with E-state index in [9.17, 15) is 18.0 Å². The van der Waals surface area contributed by atoms with Gasteiger partial charge < -0.3 is 15.8 Å². The van der Waals surface area contributed by atoms with Crippen LogP contribution in [0.1, 0.15) is 5.69 Å². The number of rotatable bonds is 7. The number of nitrogens with one attached hydrogen (secondary N) is 1. The Kier molecular flexibility index (Phi) is 5.70. The van der Waals surface area contributed by atoms with Crippen LogP contribution in [0.4, 0.5) is 13.2 Å². The molecular formula is C9H14F3N5O2. The second kappa shape index (κ2) is 7.04. The van der Waals surface area contributed by atoms with Crippen molar-refractivity contribution in [3.63, 3.8) is 0 Å². The number of amides is 1. The number of halogens is 3. The summed E-state index contributed by atoms with van der Waals surface area (Å²) in [5.74, 6) is -0.330. The standard InChI is InChI=1S/C9H14F3N5O2/c10-9(11,12)6-19-2-1-17-5-7(15-16-17)4-14-8(18)3-13/h5H,1-4,6,13H2,(H,14,18). The largest absolute Gasteiger partial charge is 0.411 e. The molecule has 0 radical (unpaired) electrons. The molecule has 1 aromatic rings. The highest BCUT2D eigenvalue weighted by molar-refractivity contribution is 5.77. The minimum absolute atomic E-state index is 0.126. The number of carbonyl (C=O) groups is 1. The highest BCUT2D eigenvalue weighted by Gasteiger charge is 2.27. The summed E-state index contributed by atoms with van der Waals surface area (Å²) in [6, 6.07) is 0. The topological polar surface area (TPSA) is 95.1 Å². The third-order valence-electron chi connectivity index (χ3n) is 1.97. The SMILES string of the molecule is NCC(=O)NCc1cn(CCOCC(F)(F)F)nn1. The highest BCUT2D eigenvalue weighted by Crippen LogP contribution is 2.14. The van der Waals surface area contributed by atoms with Crippen LogP contribution in [0.5, 0.6) is 0 Å². The van der Waals surface area contributed by atoms with Crippen molar-refractivity contribution >= 4 is 5.91 Å². The molecule has 0 saturated carbocycles. The van der Waals surface area contributed by atoms with Crippen molar-refractivity contribution in [2.24, 2.45) is 5.73 Å². The van der Waals surface area contributed by atoms with Crippen LogP contribution in [0.3, 0.4) is 0 Å². The lowest BCUT2D eigenvalue weighted by atomic mass is 10.4. The van der Waals surface area contributed by atoms with E-state index < -0.39 is 12.8 Å². The van der Waals surface area contributed by atoms with Gasteiger partial charge in [-0.15, -0.1) is 5.10 Å². The van der Waals surface area contributed by atoms with Gasteiger partial charge in [0, 0.05) is 0 Å². The molecule has 1 rings (SSSR count). The van der Waals surface area contributed by atoms with Crippen molar-refractivity contribution in [2.75, 3.05) is 19.8 Å². The first kappa shape index (κ1) is 15.4. The van der Waals surface area contributed by atoms with E-state index in [1.165, 1.54) is 10.9 Å². The Morgan fingerprint density at radius 1 is 1.53 bits per heavy atom. The summed E-state index contributed by atoms with van der Waals surface area (Å²) < 4.78 is 41.1. The molecule has 7 nitrogen and oxygen atoms in total. The average molecular weight is 281 g/mol. The molecule has 0 aromatic carbocycles. The van der Waals surface area contributed by atoms with Gasteiger partial charge >= 0.3 is 6.18 Å². The molecular weight excluding hydrogens is 267 g/mol. The third kappa shape index (κ3) is 6.72. The van der Waals surface area contributed by atoms with Gasteiger partial charge in [0.05, 0.1) is 32.4 Å². The van der Waals surface area contributed by atoms with Gasteiger partial charge in [0.1, 0.15) is 12.3 Å².